The number of phenols is 1. The van der Waals surface area contributed by atoms with E-state index in [0.717, 1.165) is 105 Å². The summed E-state index contributed by atoms with van der Waals surface area (Å²) in [6, 6.07) is 30.7. The third-order valence-corrected chi connectivity index (χ3v) is 12.1. The summed E-state index contributed by atoms with van der Waals surface area (Å²) in [6.45, 7) is 10.6. The number of nitrogens with zero attached hydrogens (tertiary/aromatic N) is 4. The van der Waals surface area contributed by atoms with Crippen LogP contribution in [0.4, 0.5) is 5.69 Å². The molecule has 0 bridgehead atoms. The molecule has 2 N–H and O–H groups in total. The van der Waals surface area contributed by atoms with Gasteiger partial charge in [0.25, 0.3) is 11.8 Å². The number of carbonyl (C=O) groups excluding carboxylic acids is 4. The Morgan fingerprint density at radius 3 is 2.05 bits per heavy atom. The van der Waals surface area contributed by atoms with Crippen LogP contribution in [0, 0.1) is 5.92 Å². The fourth-order valence-corrected chi connectivity index (χ4v) is 8.91. The van der Waals surface area contributed by atoms with E-state index in [1.165, 1.54) is 11.1 Å². The highest BCUT2D eigenvalue weighted by atomic mass is 16.5. The topological polar surface area (TPSA) is 123 Å². The Kier molecular flexibility index (Phi) is 11.7. The van der Waals surface area contributed by atoms with E-state index in [1.807, 2.05) is 24.3 Å². The number of amides is 4. The number of imide groups is 2. The molecule has 11 nitrogen and oxygen atoms in total. The third-order valence-electron chi connectivity index (χ3n) is 12.1. The lowest BCUT2D eigenvalue weighted by atomic mass is 9.88. The summed E-state index contributed by atoms with van der Waals surface area (Å²) < 4.78 is 6.23. The van der Waals surface area contributed by atoms with Crippen LogP contribution in [0.1, 0.15) is 76.4 Å². The van der Waals surface area contributed by atoms with Crippen molar-refractivity contribution in [1.82, 2.24) is 20.0 Å². The van der Waals surface area contributed by atoms with Crippen LogP contribution >= 0.6 is 0 Å². The molecule has 8 rings (SSSR count). The molecule has 0 saturated carbocycles. The number of nitrogens with one attached hydrogen (secondary N) is 1. The molecule has 0 aliphatic carbocycles. The Balaban J connectivity index is 0.787. The van der Waals surface area contributed by atoms with Crippen molar-refractivity contribution in [2.75, 3.05) is 63.9 Å². The summed E-state index contributed by atoms with van der Waals surface area (Å²) in [6.07, 6.45) is 3.22. The Bertz CT molecular complexity index is 2170. The first-order valence-electron chi connectivity index (χ1n) is 20.6. The lowest BCUT2D eigenvalue weighted by Crippen LogP contribution is -2.54. The number of piperidine rings is 2. The predicted molar refractivity (Wildman–Crippen MR) is 224 cm³/mol. The van der Waals surface area contributed by atoms with Gasteiger partial charge in [0.15, 0.2) is 0 Å². The van der Waals surface area contributed by atoms with E-state index in [-0.39, 0.29) is 24.5 Å². The third kappa shape index (κ3) is 8.42. The minimum absolute atomic E-state index is 0.103. The number of aromatic hydroxyl groups is 1. The highest BCUT2D eigenvalue weighted by molar-refractivity contribution is 6.23. The van der Waals surface area contributed by atoms with E-state index < -0.39 is 23.8 Å². The van der Waals surface area contributed by atoms with Crippen LogP contribution in [0.25, 0.3) is 11.1 Å². The molecular formula is C47H51N5O6. The fourth-order valence-electron chi connectivity index (χ4n) is 8.91. The summed E-state index contributed by atoms with van der Waals surface area (Å²) >= 11 is 0. The van der Waals surface area contributed by atoms with E-state index in [9.17, 15) is 24.3 Å². The predicted octanol–water partition coefficient (Wildman–Crippen LogP) is 6.08. The zero-order valence-corrected chi connectivity index (χ0v) is 33.1. The Hall–Kier alpha value is -5.78. The molecule has 0 radical (unpaired) electrons. The average Bonchev–Trinajstić information content (AvgIpc) is 3.49. The van der Waals surface area contributed by atoms with E-state index in [0.29, 0.717) is 23.7 Å². The Morgan fingerprint density at radius 2 is 1.38 bits per heavy atom. The van der Waals surface area contributed by atoms with Crippen LogP contribution in [0.15, 0.2) is 97.1 Å². The normalized spacial score (nSPS) is 19.9. The number of piperazine rings is 1. The molecule has 4 aromatic rings. The van der Waals surface area contributed by atoms with E-state index in [1.54, 1.807) is 24.3 Å². The van der Waals surface area contributed by atoms with E-state index >= 15 is 0 Å². The summed E-state index contributed by atoms with van der Waals surface area (Å²) in [5, 5.41) is 12.2. The van der Waals surface area contributed by atoms with E-state index in [4.69, 9.17) is 4.74 Å². The number of hydrogen-bond acceptors (Lipinski definition) is 9. The smallest absolute Gasteiger partial charge is 0.262 e. The van der Waals surface area contributed by atoms with Gasteiger partial charge in [0.2, 0.25) is 11.8 Å². The molecule has 11 heteroatoms. The van der Waals surface area contributed by atoms with Gasteiger partial charge < -0.3 is 19.6 Å². The van der Waals surface area contributed by atoms with Crippen LogP contribution < -0.4 is 15.0 Å². The summed E-state index contributed by atoms with van der Waals surface area (Å²) in [7, 11) is 0. The van der Waals surface area contributed by atoms with Crippen molar-refractivity contribution in [2.45, 2.75) is 45.1 Å². The first-order chi connectivity index (χ1) is 28.2. The zero-order valence-electron chi connectivity index (χ0n) is 33.1. The number of anilines is 1. The van der Waals surface area contributed by atoms with Gasteiger partial charge in [0.05, 0.1) is 11.1 Å². The minimum Gasteiger partial charge on any atom is -0.508 e. The van der Waals surface area contributed by atoms with Gasteiger partial charge >= 0.3 is 0 Å². The highest BCUT2D eigenvalue weighted by Crippen LogP contribution is 2.36. The number of phenolic OH excluding ortho intramolecular Hbond substituents is 1. The molecule has 58 heavy (non-hydrogen) atoms. The average molecular weight is 782 g/mol. The maximum absolute atomic E-state index is 13.3. The summed E-state index contributed by atoms with van der Waals surface area (Å²) in [5.74, 6) is -0.218. The standard InChI is InChI=1S/C47H51N5O6/c1-2-39(33-6-4-3-5-7-33)44(34-8-13-37(53)14-9-34)35-10-15-38(16-11-35)58-29-28-49-24-26-50(27-25-49)31-32-20-22-51(23-21-32)36-12-17-40-41(30-36)47(57)52(46(40)56)42-18-19-43(54)48-45(42)55/h3-17,30,32,42,53H,2,18-29,31H2,1H3,(H,48,54,55). The van der Waals surface area contributed by atoms with Crippen molar-refractivity contribution in [1.29, 1.82) is 0 Å². The van der Waals surface area contributed by atoms with Gasteiger partial charge in [-0.25, -0.2) is 0 Å². The second-order valence-electron chi connectivity index (χ2n) is 15.7. The summed E-state index contributed by atoms with van der Waals surface area (Å²) in [4.78, 5) is 58.9. The molecule has 0 spiro atoms. The highest BCUT2D eigenvalue weighted by Gasteiger charge is 2.45. The Morgan fingerprint density at radius 1 is 0.724 bits per heavy atom. The first-order valence-corrected chi connectivity index (χ1v) is 20.6. The number of hydrogen-bond donors (Lipinski definition) is 2. The van der Waals surface area contributed by atoms with Crippen molar-refractivity contribution in [3.63, 3.8) is 0 Å². The number of benzene rings is 4. The first kappa shape index (κ1) is 39.1. The van der Waals surface area contributed by atoms with Gasteiger partial charge in [-0.1, -0.05) is 61.5 Å². The van der Waals surface area contributed by atoms with Crippen molar-refractivity contribution in [3.05, 3.63) is 125 Å². The van der Waals surface area contributed by atoms with Crippen molar-refractivity contribution < 1.29 is 29.0 Å². The molecule has 4 heterocycles. The van der Waals surface area contributed by atoms with Gasteiger partial charge in [-0.3, -0.25) is 34.3 Å². The van der Waals surface area contributed by atoms with Crippen LogP contribution in [0.3, 0.4) is 0 Å². The van der Waals surface area contributed by atoms with Crippen LogP contribution in [0.5, 0.6) is 11.5 Å². The van der Waals surface area contributed by atoms with Crippen LogP contribution in [-0.2, 0) is 9.59 Å². The maximum Gasteiger partial charge on any atom is 0.262 e. The number of allylic oxidation sites excluding steroid dienone is 1. The van der Waals surface area contributed by atoms with Crippen molar-refractivity contribution in [2.24, 2.45) is 5.92 Å². The molecule has 3 saturated heterocycles. The Labute approximate surface area is 339 Å². The number of rotatable bonds is 12. The lowest BCUT2D eigenvalue weighted by molar-refractivity contribution is -0.136. The maximum atomic E-state index is 13.3. The van der Waals surface area contributed by atoms with Crippen molar-refractivity contribution >= 4 is 40.5 Å². The van der Waals surface area contributed by atoms with Gasteiger partial charge in [0, 0.05) is 64.5 Å². The van der Waals surface area contributed by atoms with Gasteiger partial charge in [-0.15, -0.1) is 0 Å². The van der Waals surface area contributed by atoms with Gasteiger partial charge in [-0.05, 0) is 102 Å². The largest absolute Gasteiger partial charge is 0.508 e. The fraction of sp³-hybridized carbons (Fsp3) is 0.362. The SMILES string of the molecule is CCC(=C(c1ccc(O)cc1)c1ccc(OCCN2CCN(CC3CCN(c4ccc5c(c4)C(=O)N(C4CCC(=O)NC4=O)C5=O)CC3)CC2)cc1)c1ccccc1. The van der Waals surface area contributed by atoms with Crippen LogP contribution in [0.2, 0.25) is 0 Å². The zero-order chi connectivity index (χ0) is 40.2. The minimum atomic E-state index is -0.959. The second-order valence-corrected chi connectivity index (χ2v) is 15.7. The molecule has 4 aromatic carbocycles. The number of ether oxygens (including phenoxy) is 1. The quantitative estimate of drug-likeness (QED) is 0.130. The molecule has 0 aromatic heterocycles. The summed E-state index contributed by atoms with van der Waals surface area (Å²) in [5.41, 5.74) is 7.32. The monoisotopic (exact) mass is 781 g/mol. The number of carbonyl (C=O) groups is 4. The second kappa shape index (κ2) is 17.4. The van der Waals surface area contributed by atoms with Gasteiger partial charge in [0.1, 0.15) is 24.1 Å². The number of fused-ring (bicyclic) bond motifs is 1. The van der Waals surface area contributed by atoms with Crippen LogP contribution in [-0.4, -0.2) is 108 Å². The van der Waals surface area contributed by atoms with E-state index in [2.05, 4.69) is 75.5 Å². The molecule has 4 amide bonds. The van der Waals surface area contributed by atoms with Crippen molar-refractivity contribution in [3.8, 4) is 11.5 Å². The molecule has 1 unspecified atom stereocenters. The lowest BCUT2D eigenvalue weighted by Gasteiger charge is -2.39. The molecular weight excluding hydrogens is 731 g/mol. The molecule has 300 valence electrons. The van der Waals surface area contributed by atoms with Gasteiger partial charge in [-0.2, -0.15) is 0 Å². The molecule has 3 fully saturated rings. The molecule has 4 aliphatic rings. The molecule has 1 atom stereocenters. The molecule has 4 aliphatic heterocycles.